The second kappa shape index (κ2) is 12.3. The maximum absolute atomic E-state index is 7.00. The molecule has 1 aliphatic rings. The molecule has 11 rings (SSSR count). The molecule has 3 heterocycles. The molecule has 0 N–H and O–H groups in total. The minimum atomic E-state index is 0.339. The third-order valence-electron chi connectivity index (χ3n) is 11.1. The number of rotatable bonds is 5. The van der Waals surface area contributed by atoms with Crippen LogP contribution in [0.25, 0.3) is 93.8 Å². The number of aromatic nitrogens is 2. The normalized spacial score (nSPS) is 14.3. The topological polar surface area (TPSA) is 31.0 Å². The number of benzene rings is 7. The zero-order valence-corrected chi connectivity index (χ0v) is 29.5. The van der Waals surface area contributed by atoms with E-state index in [0.717, 1.165) is 72.9 Å². The summed E-state index contributed by atoms with van der Waals surface area (Å²) < 4.78 is 9.43. The van der Waals surface area contributed by atoms with Crippen molar-refractivity contribution in [1.82, 2.24) is 9.55 Å². The first kappa shape index (κ1) is 30.6. The van der Waals surface area contributed by atoms with Crippen molar-refractivity contribution in [1.29, 1.82) is 0 Å². The van der Waals surface area contributed by atoms with Gasteiger partial charge >= 0.3 is 0 Å². The molecule has 1 atom stereocenters. The van der Waals surface area contributed by atoms with Crippen molar-refractivity contribution in [2.45, 2.75) is 12.3 Å². The fourth-order valence-corrected chi connectivity index (χ4v) is 8.55. The van der Waals surface area contributed by atoms with Crippen LogP contribution in [0.4, 0.5) is 0 Å². The third-order valence-corrected chi connectivity index (χ3v) is 11.1. The number of nitrogens with zero attached hydrogens (tertiary/aromatic N) is 2. The fraction of sp³-hybridized carbons (Fsp3) is 0.0392. The number of allylic oxidation sites excluding steroid dienone is 4. The summed E-state index contributed by atoms with van der Waals surface area (Å²) >= 11 is 0. The van der Waals surface area contributed by atoms with E-state index < -0.39 is 0 Å². The Hall–Kier alpha value is -6.97. The Morgan fingerprint density at radius 1 is 0.537 bits per heavy atom. The van der Waals surface area contributed by atoms with E-state index in [1.807, 2.05) is 6.07 Å². The standard InChI is InChI=1S/C51H34N2O/c1-4-14-33(15-5-1)36-26-28-39-40-29-27-37(34-16-6-2-7-17-34)31-48(40)53(47(39)30-36)46-24-12-22-42-50-41(21-13-25-49(50)54-51(42)46)43-32-45(35-18-8-3-9-19-35)52-44-23-11-10-20-38(43)44/h1-16,18-32,34H,17H2. The third kappa shape index (κ3) is 4.86. The minimum Gasteiger partial charge on any atom is -0.454 e. The quantitative estimate of drug-likeness (QED) is 0.180. The highest BCUT2D eigenvalue weighted by Gasteiger charge is 2.22. The molecule has 3 nitrogen and oxygen atoms in total. The monoisotopic (exact) mass is 690 g/mol. The van der Waals surface area contributed by atoms with Crippen molar-refractivity contribution in [3.05, 3.63) is 194 Å². The van der Waals surface area contributed by atoms with Gasteiger partial charge in [0, 0.05) is 38.4 Å². The van der Waals surface area contributed by atoms with Crippen LogP contribution in [0.3, 0.4) is 0 Å². The van der Waals surface area contributed by atoms with Crippen LogP contribution >= 0.6 is 0 Å². The summed E-state index contributed by atoms with van der Waals surface area (Å²) in [6.45, 7) is 0. The van der Waals surface area contributed by atoms with E-state index in [1.54, 1.807) is 0 Å². The highest BCUT2D eigenvalue weighted by atomic mass is 16.3. The number of hydrogen-bond acceptors (Lipinski definition) is 2. The van der Waals surface area contributed by atoms with Gasteiger partial charge in [-0.25, -0.2) is 4.98 Å². The average Bonchev–Trinajstić information content (AvgIpc) is 3.79. The number of para-hydroxylation sites is 2. The summed E-state index contributed by atoms with van der Waals surface area (Å²) in [6, 6.07) is 58.7. The zero-order chi connectivity index (χ0) is 35.6. The van der Waals surface area contributed by atoms with Gasteiger partial charge in [-0.05, 0) is 70.6 Å². The predicted octanol–water partition coefficient (Wildman–Crippen LogP) is 13.8. The minimum absolute atomic E-state index is 0.339. The van der Waals surface area contributed by atoms with Gasteiger partial charge in [-0.2, -0.15) is 0 Å². The second-order valence-corrected chi connectivity index (χ2v) is 14.2. The number of pyridine rings is 1. The molecule has 7 aromatic carbocycles. The Morgan fingerprint density at radius 3 is 2.11 bits per heavy atom. The van der Waals surface area contributed by atoms with Crippen LogP contribution in [0.5, 0.6) is 0 Å². The van der Waals surface area contributed by atoms with Crippen LogP contribution in [-0.2, 0) is 0 Å². The summed E-state index contributed by atoms with van der Waals surface area (Å²) in [4.78, 5) is 5.10. The molecule has 3 heteroatoms. The van der Waals surface area contributed by atoms with Gasteiger partial charge in [0.05, 0.1) is 27.9 Å². The van der Waals surface area contributed by atoms with Crippen molar-refractivity contribution < 1.29 is 4.42 Å². The lowest BCUT2D eigenvalue weighted by Gasteiger charge is -2.15. The molecule has 0 saturated carbocycles. The smallest absolute Gasteiger partial charge is 0.159 e. The molecule has 3 aromatic heterocycles. The van der Waals surface area contributed by atoms with Gasteiger partial charge in [0.25, 0.3) is 0 Å². The Labute approximate surface area is 312 Å². The van der Waals surface area contributed by atoms with Gasteiger partial charge in [-0.15, -0.1) is 0 Å². The summed E-state index contributed by atoms with van der Waals surface area (Å²) in [5, 5.41) is 5.77. The van der Waals surface area contributed by atoms with Gasteiger partial charge in [-0.3, -0.25) is 0 Å². The van der Waals surface area contributed by atoms with Crippen molar-refractivity contribution in [3.63, 3.8) is 0 Å². The molecule has 10 aromatic rings. The van der Waals surface area contributed by atoms with Gasteiger partial charge in [0.15, 0.2) is 5.58 Å². The molecule has 0 fully saturated rings. The molecule has 54 heavy (non-hydrogen) atoms. The Balaban J connectivity index is 1.19. The zero-order valence-electron chi connectivity index (χ0n) is 29.5. The molecule has 254 valence electrons. The highest BCUT2D eigenvalue weighted by molar-refractivity contribution is 6.18. The molecule has 0 bridgehead atoms. The van der Waals surface area contributed by atoms with Crippen molar-refractivity contribution >= 4 is 54.6 Å². The second-order valence-electron chi connectivity index (χ2n) is 14.2. The maximum Gasteiger partial charge on any atom is 0.159 e. The Bertz CT molecular complexity index is 3130. The van der Waals surface area contributed by atoms with E-state index in [9.17, 15) is 0 Å². The van der Waals surface area contributed by atoms with Gasteiger partial charge in [0.1, 0.15) is 5.58 Å². The maximum atomic E-state index is 7.00. The van der Waals surface area contributed by atoms with Gasteiger partial charge in [-0.1, -0.05) is 152 Å². The van der Waals surface area contributed by atoms with E-state index in [2.05, 4.69) is 187 Å². The highest BCUT2D eigenvalue weighted by Crippen LogP contribution is 2.44. The average molecular weight is 691 g/mol. The first-order chi connectivity index (χ1) is 26.8. The fourth-order valence-electron chi connectivity index (χ4n) is 8.55. The summed E-state index contributed by atoms with van der Waals surface area (Å²) in [5.41, 5.74) is 14.1. The van der Waals surface area contributed by atoms with Crippen LogP contribution in [0.15, 0.2) is 193 Å². The lowest BCUT2D eigenvalue weighted by molar-refractivity contribution is 0.666. The molecular weight excluding hydrogens is 657 g/mol. The van der Waals surface area contributed by atoms with E-state index in [1.165, 1.54) is 33.0 Å². The van der Waals surface area contributed by atoms with Crippen LogP contribution in [0, 0.1) is 0 Å². The van der Waals surface area contributed by atoms with Crippen LogP contribution in [-0.4, -0.2) is 9.55 Å². The number of hydrogen-bond donors (Lipinski definition) is 0. The lowest BCUT2D eigenvalue weighted by Crippen LogP contribution is -1.98. The van der Waals surface area contributed by atoms with Crippen molar-refractivity contribution in [2.24, 2.45) is 0 Å². The van der Waals surface area contributed by atoms with Crippen molar-refractivity contribution in [3.8, 4) is 39.2 Å². The van der Waals surface area contributed by atoms with E-state index in [-0.39, 0.29) is 0 Å². The Kier molecular flexibility index (Phi) is 6.99. The molecule has 1 aliphatic carbocycles. The van der Waals surface area contributed by atoms with Gasteiger partial charge < -0.3 is 8.98 Å². The van der Waals surface area contributed by atoms with Crippen LogP contribution in [0.1, 0.15) is 17.9 Å². The number of furan rings is 1. The van der Waals surface area contributed by atoms with Crippen LogP contribution in [0.2, 0.25) is 0 Å². The lowest BCUT2D eigenvalue weighted by atomic mass is 9.92. The summed E-state index contributed by atoms with van der Waals surface area (Å²) in [5.74, 6) is 0.339. The molecule has 0 aliphatic heterocycles. The Morgan fingerprint density at radius 2 is 1.28 bits per heavy atom. The van der Waals surface area contributed by atoms with E-state index >= 15 is 0 Å². The summed E-state index contributed by atoms with van der Waals surface area (Å²) in [6.07, 6.45) is 9.89. The summed E-state index contributed by atoms with van der Waals surface area (Å²) in [7, 11) is 0. The van der Waals surface area contributed by atoms with E-state index in [0.29, 0.717) is 5.92 Å². The molecule has 0 saturated heterocycles. The molecule has 0 amide bonds. The predicted molar refractivity (Wildman–Crippen MR) is 225 cm³/mol. The molecule has 0 radical (unpaired) electrons. The molecular formula is C51H34N2O. The van der Waals surface area contributed by atoms with Crippen LogP contribution < -0.4 is 0 Å². The van der Waals surface area contributed by atoms with E-state index in [4.69, 9.17) is 9.40 Å². The van der Waals surface area contributed by atoms with Crippen molar-refractivity contribution in [2.75, 3.05) is 0 Å². The SMILES string of the molecule is C1=CCC(c2ccc3c4ccc(-c5ccccc5)cc4n(-c4cccc5c4oc4cccc(-c6cc(-c7ccccc7)nc7ccccc67)c45)c3c2)C=C1. The molecule has 0 spiro atoms. The van der Waals surface area contributed by atoms with Gasteiger partial charge in [0.2, 0.25) is 0 Å². The first-order valence-electron chi connectivity index (χ1n) is 18.7. The first-order valence-corrected chi connectivity index (χ1v) is 18.7. The molecule has 1 unspecified atom stereocenters. The number of fused-ring (bicyclic) bond motifs is 7. The largest absolute Gasteiger partial charge is 0.454 e.